The zero-order valence-corrected chi connectivity index (χ0v) is 5.93. The number of thioether (sulfide) groups is 1. The number of nitrogens with zero attached hydrogens (tertiary/aromatic N) is 2. The van der Waals surface area contributed by atoms with Crippen LogP contribution in [0.4, 0.5) is 5.82 Å². The molecule has 0 spiro atoms. The first-order valence-corrected chi connectivity index (χ1v) is 3.42. The highest BCUT2D eigenvalue weighted by molar-refractivity contribution is 8.03. The lowest BCUT2D eigenvalue weighted by atomic mass is 10.5. The van der Waals surface area contributed by atoms with Crippen LogP contribution in [0.5, 0.6) is 0 Å². The second-order valence-electron chi connectivity index (χ2n) is 1.58. The van der Waals surface area contributed by atoms with Crippen LogP contribution in [0.15, 0.2) is 23.2 Å². The molecule has 0 atom stereocenters. The Morgan fingerprint density at radius 3 is 3.10 bits per heavy atom. The summed E-state index contributed by atoms with van der Waals surface area (Å²) in [7, 11) is 0. The summed E-state index contributed by atoms with van der Waals surface area (Å²) in [5, 5.41) is 10.2. The van der Waals surface area contributed by atoms with Crippen molar-refractivity contribution in [1.82, 2.24) is 4.98 Å². The number of nitrogens with two attached hydrogens (primary N) is 1. The molecule has 1 rings (SSSR count). The minimum Gasteiger partial charge on any atom is -0.383 e. The maximum Gasteiger partial charge on any atom is 0.138 e. The van der Waals surface area contributed by atoms with Crippen molar-refractivity contribution in [2.45, 2.75) is 4.90 Å². The fourth-order valence-corrected chi connectivity index (χ4v) is 0.940. The van der Waals surface area contributed by atoms with Gasteiger partial charge in [-0.3, -0.25) is 0 Å². The van der Waals surface area contributed by atoms with Gasteiger partial charge in [-0.1, -0.05) is 0 Å². The van der Waals surface area contributed by atoms with E-state index in [2.05, 4.69) is 4.98 Å². The average Bonchev–Trinajstić information content (AvgIpc) is 1.94. The van der Waals surface area contributed by atoms with E-state index in [0.29, 0.717) is 10.7 Å². The predicted molar refractivity (Wildman–Crippen MR) is 40.1 cm³/mol. The summed E-state index contributed by atoms with van der Waals surface area (Å²) >= 11 is 1.02. The molecule has 0 saturated heterocycles. The maximum absolute atomic E-state index is 8.27. The van der Waals surface area contributed by atoms with Gasteiger partial charge in [0.2, 0.25) is 0 Å². The van der Waals surface area contributed by atoms with Gasteiger partial charge in [0, 0.05) is 6.20 Å². The lowest BCUT2D eigenvalue weighted by molar-refractivity contribution is 1.26. The molecule has 50 valence electrons. The van der Waals surface area contributed by atoms with Crippen molar-refractivity contribution in [1.29, 1.82) is 5.26 Å². The van der Waals surface area contributed by atoms with Crippen molar-refractivity contribution in [2.24, 2.45) is 0 Å². The summed E-state index contributed by atoms with van der Waals surface area (Å²) in [6.07, 6.45) is 1.59. The van der Waals surface area contributed by atoms with E-state index < -0.39 is 0 Å². The van der Waals surface area contributed by atoms with Crippen molar-refractivity contribution >= 4 is 17.6 Å². The number of nitriles is 1. The van der Waals surface area contributed by atoms with Crippen LogP contribution in [-0.4, -0.2) is 4.98 Å². The van der Waals surface area contributed by atoms with Gasteiger partial charge in [0.15, 0.2) is 0 Å². The quantitative estimate of drug-likeness (QED) is 0.484. The van der Waals surface area contributed by atoms with Crippen molar-refractivity contribution < 1.29 is 0 Å². The molecule has 0 aliphatic heterocycles. The van der Waals surface area contributed by atoms with Gasteiger partial charge in [-0.25, -0.2) is 4.98 Å². The van der Waals surface area contributed by atoms with Crippen molar-refractivity contribution in [2.75, 3.05) is 5.73 Å². The molecule has 0 saturated carbocycles. The Morgan fingerprint density at radius 1 is 1.70 bits per heavy atom. The second-order valence-corrected chi connectivity index (χ2v) is 2.41. The van der Waals surface area contributed by atoms with Gasteiger partial charge < -0.3 is 5.73 Å². The topological polar surface area (TPSA) is 62.7 Å². The SMILES string of the molecule is N#CSc1cccnc1N. The third-order valence-electron chi connectivity index (χ3n) is 0.955. The highest BCUT2D eigenvalue weighted by Gasteiger charge is 1.96. The molecule has 1 heterocycles. The molecule has 10 heavy (non-hydrogen) atoms. The van der Waals surface area contributed by atoms with Crippen LogP contribution >= 0.6 is 11.8 Å². The van der Waals surface area contributed by atoms with Crippen LogP contribution < -0.4 is 5.73 Å². The molecule has 0 unspecified atom stereocenters. The van der Waals surface area contributed by atoms with E-state index in [1.807, 2.05) is 5.40 Å². The molecule has 1 aromatic rings. The minimum absolute atomic E-state index is 0.411. The number of thiocyanates is 1. The van der Waals surface area contributed by atoms with E-state index in [-0.39, 0.29) is 0 Å². The number of pyridine rings is 1. The Hall–Kier alpha value is -1.21. The lowest BCUT2D eigenvalue weighted by Crippen LogP contribution is -1.90. The van der Waals surface area contributed by atoms with Gasteiger partial charge in [0.05, 0.1) is 4.90 Å². The van der Waals surface area contributed by atoms with Crippen LogP contribution in [-0.2, 0) is 0 Å². The molecular weight excluding hydrogens is 146 g/mol. The summed E-state index contributed by atoms with van der Waals surface area (Å²) in [5.74, 6) is 0.411. The van der Waals surface area contributed by atoms with E-state index in [1.165, 1.54) is 0 Å². The van der Waals surface area contributed by atoms with E-state index >= 15 is 0 Å². The Balaban J connectivity index is 2.94. The molecule has 0 bridgehead atoms. The molecule has 0 aliphatic carbocycles. The molecule has 0 radical (unpaired) electrons. The molecule has 4 heteroatoms. The van der Waals surface area contributed by atoms with Crippen molar-refractivity contribution in [3.05, 3.63) is 18.3 Å². The zero-order chi connectivity index (χ0) is 7.40. The Kier molecular flexibility index (Phi) is 2.13. The summed E-state index contributed by atoms with van der Waals surface area (Å²) in [5.41, 5.74) is 5.42. The van der Waals surface area contributed by atoms with Gasteiger partial charge in [-0.2, -0.15) is 5.26 Å². The largest absolute Gasteiger partial charge is 0.383 e. The monoisotopic (exact) mass is 151 g/mol. The smallest absolute Gasteiger partial charge is 0.138 e. The number of aromatic nitrogens is 1. The van der Waals surface area contributed by atoms with Crippen LogP contribution in [0.1, 0.15) is 0 Å². The third kappa shape index (κ3) is 1.39. The predicted octanol–water partition coefficient (Wildman–Crippen LogP) is 1.24. The van der Waals surface area contributed by atoms with Gasteiger partial charge >= 0.3 is 0 Å². The molecule has 0 aliphatic rings. The van der Waals surface area contributed by atoms with Crippen molar-refractivity contribution in [3.63, 3.8) is 0 Å². The molecule has 3 nitrogen and oxygen atoms in total. The fraction of sp³-hybridized carbons (Fsp3) is 0. The second kappa shape index (κ2) is 3.08. The zero-order valence-electron chi connectivity index (χ0n) is 5.11. The summed E-state index contributed by atoms with van der Waals surface area (Å²) in [6, 6.07) is 3.51. The highest BCUT2D eigenvalue weighted by atomic mass is 32.2. The number of hydrogen-bond donors (Lipinski definition) is 1. The standard InChI is InChI=1S/C6H5N3S/c7-4-10-5-2-1-3-9-6(5)8/h1-3H,(H2,8,9). The van der Waals surface area contributed by atoms with Crippen LogP contribution in [0, 0.1) is 10.7 Å². The Labute approximate surface area is 62.9 Å². The van der Waals surface area contributed by atoms with Gasteiger partial charge in [-0.15, -0.1) is 0 Å². The number of anilines is 1. The third-order valence-corrected chi connectivity index (χ3v) is 1.61. The van der Waals surface area contributed by atoms with Gasteiger partial charge in [0.1, 0.15) is 11.2 Å². The normalized spacial score (nSPS) is 8.70. The van der Waals surface area contributed by atoms with Crippen LogP contribution in [0.25, 0.3) is 0 Å². The van der Waals surface area contributed by atoms with Crippen LogP contribution in [0.3, 0.4) is 0 Å². The lowest BCUT2D eigenvalue weighted by Gasteiger charge is -1.94. The Bertz CT molecular complexity index is 266. The first-order valence-electron chi connectivity index (χ1n) is 2.61. The maximum atomic E-state index is 8.27. The molecule has 1 aromatic heterocycles. The van der Waals surface area contributed by atoms with E-state index in [0.717, 1.165) is 11.8 Å². The molecule has 0 fully saturated rings. The van der Waals surface area contributed by atoms with E-state index in [9.17, 15) is 0 Å². The highest BCUT2D eigenvalue weighted by Crippen LogP contribution is 2.20. The van der Waals surface area contributed by atoms with Crippen molar-refractivity contribution in [3.8, 4) is 5.40 Å². The van der Waals surface area contributed by atoms with Gasteiger partial charge in [0.25, 0.3) is 0 Å². The average molecular weight is 151 g/mol. The molecular formula is C6H5N3S. The van der Waals surface area contributed by atoms with E-state index in [1.54, 1.807) is 18.3 Å². The fourth-order valence-electron chi connectivity index (χ4n) is 0.538. The van der Waals surface area contributed by atoms with E-state index in [4.69, 9.17) is 11.0 Å². The number of rotatable bonds is 1. The Morgan fingerprint density at radius 2 is 2.50 bits per heavy atom. The van der Waals surface area contributed by atoms with Gasteiger partial charge in [-0.05, 0) is 23.9 Å². The first-order chi connectivity index (χ1) is 4.84. The van der Waals surface area contributed by atoms with Crippen LogP contribution in [0.2, 0.25) is 0 Å². The molecule has 0 amide bonds. The number of nitrogen functional groups attached to an aromatic ring is 1. The summed E-state index contributed by atoms with van der Waals surface area (Å²) in [4.78, 5) is 4.52. The first kappa shape index (κ1) is 6.90. The molecule has 0 aromatic carbocycles. The summed E-state index contributed by atoms with van der Waals surface area (Å²) in [6.45, 7) is 0. The molecule has 2 N–H and O–H groups in total. The minimum atomic E-state index is 0.411. The summed E-state index contributed by atoms with van der Waals surface area (Å²) < 4.78 is 0. The number of hydrogen-bond acceptors (Lipinski definition) is 4.